The van der Waals surface area contributed by atoms with Gasteiger partial charge in [-0.25, -0.2) is 8.42 Å². The minimum atomic E-state index is -4.09. The van der Waals surface area contributed by atoms with Crippen LogP contribution in [0.25, 0.3) is 10.8 Å². The fraction of sp³-hybridized carbons (Fsp3) is 0.0556. The molecule has 4 nitrogen and oxygen atoms in total. The molecule has 0 spiro atoms. The number of anilines is 1. The third kappa shape index (κ3) is 3.67. The molecule has 0 heterocycles. The van der Waals surface area contributed by atoms with E-state index in [1.807, 2.05) is 18.2 Å². The minimum absolute atomic E-state index is 0.0854. The predicted octanol–water partition coefficient (Wildman–Crippen LogP) is 5.11. The van der Waals surface area contributed by atoms with Crippen molar-refractivity contribution in [3.63, 3.8) is 0 Å². The van der Waals surface area contributed by atoms with E-state index in [1.165, 1.54) is 18.2 Å². The van der Waals surface area contributed by atoms with Crippen molar-refractivity contribution in [1.29, 1.82) is 0 Å². The summed E-state index contributed by atoms with van der Waals surface area (Å²) in [6.45, 7) is -0.516. The summed E-state index contributed by atoms with van der Waals surface area (Å²) < 4.78 is 27.4. The topological polar surface area (TPSA) is 54.5 Å². The van der Waals surface area contributed by atoms with Crippen LogP contribution in [0.2, 0.25) is 10.0 Å². The van der Waals surface area contributed by atoms with Crippen LogP contribution in [0.1, 0.15) is 0 Å². The SMILES string of the molecule is O=C(Cl)CN(c1cccc2ccccc12)S(=O)(=O)c1ccc(Cl)c(Cl)c1. The molecule has 0 N–H and O–H groups in total. The number of hydrogen-bond acceptors (Lipinski definition) is 3. The second kappa shape index (κ2) is 7.45. The quantitative estimate of drug-likeness (QED) is 0.531. The number of carbonyl (C=O) groups is 1. The Kier molecular flexibility index (Phi) is 5.44. The average Bonchev–Trinajstić information content (AvgIpc) is 2.61. The van der Waals surface area contributed by atoms with Gasteiger partial charge in [0.25, 0.3) is 10.0 Å². The molecular formula is C18H12Cl3NO3S. The average molecular weight is 429 g/mol. The monoisotopic (exact) mass is 427 g/mol. The molecule has 0 aliphatic carbocycles. The van der Waals surface area contributed by atoms with Gasteiger partial charge in [-0.2, -0.15) is 0 Å². The molecule has 0 atom stereocenters. The van der Waals surface area contributed by atoms with Gasteiger partial charge in [-0.05, 0) is 41.3 Å². The van der Waals surface area contributed by atoms with Crippen molar-refractivity contribution in [3.8, 4) is 0 Å². The van der Waals surface area contributed by atoms with Crippen LogP contribution >= 0.6 is 34.8 Å². The van der Waals surface area contributed by atoms with Gasteiger partial charge in [0.05, 0.1) is 20.6 Å². The summed E-state index contributed by atoms with van der Waals surface area (Å²) in [5, 5.41) is 1.04. The molecule has 0 aliphatic rings. The Hall–Kier alpha value is -1.79. The molecule has 3 aromatic carbocycles. The number of fused-ring (bicyclic) bond motifs is 1. The zero-order valence-corrected chi connectivity index (χ0v) is 16.3. The smallest absolute Gasteiger partial charge is 0.264 e. The summed E-state index contributed by atoms with van der Waals surface area (Å²) >= 11 is 17.4. The Morgan fingerprint density at radius 3 is 2.31 bits per heavy atom. The first-order valence-electron chi connectivity index (χ1n) is 7.44. The lowest BCUT2D eigenvalue weighted by Gasteiger charge is -2.24. The van der Waals surface area contributed by atoms with Crippen LogP contribution in [-0.2, 0) is 14.8 Å². The van der Waals surface area contributed by atoms with Gasteiger partial charge < -0.3 is 0 Å². The minimum Gasteiger partial charge on any atom is -0.279 e. The highest BCUT2D eigenvalue weighted by atomic mass is 35.5. The Balaban J connectivity index is 2.22. The molecule has 0 bridgehead atoms. The third-order valence-electron chi connectivity index (χ3n) is 3.78. The second-order valence-corrected chi connectivity index (χ2v) is 8.54. The number of carbonyl (C=O) groups excluding carboxylic acids is 1. The summed E-state index contributed by atoms with van der Waals surface area (Å²) in [5.41, 5.74) is 0.350. The van der Waals surface area contributed by atoms with Gasteiger partial charge in [-0.1, -0.05) is 59.6 Å². The standard InChI is InChI=1S/C18H12Cl3NO3S/c19-15-9-8-13(10-16(15)20)26(24,25)22(11-18(21)23)17-7-3-5-12-4-1-2-6-14(12)17/h1-10H,11H2. The third-order valence-corrected chi connectivity index (χ3v) is 6.40. The van der Waals surface area contributed by atoms with Crippen molar-refractivity contribution in [2.45, 2.75) is 4.90 Å². The maximum atomic E-state index is 13.2. The number of nitrogens with zero attached hydrogens (tertiary/aromatic N) is 1. The van der Waals surface area contributed by atoms with Gasteiger partial charge in [0.2, 0.25) is 5.24 Å². The van der Waals surface area contributed by atoms with E-state index in [9.17, 15) is 13.2 Å². The molecule has 8 heteroatoms. The van der Waals surface area contributed by atoms with E-state index in [0.29, 0.717) is 11.1 Å². The number of hydrogen-bond donors (Lipinski definition) is 0. The molecule has 0 amide bonds. The van der Waals surface area contributed by atoms with Crippen molar-refractivity contribution >= 4 is 66.5 Å². The van der Waals surface area contributed by atoms with E-state index >= 15 is 0 Å². The predicted molar refractivity (Wildman–Crippen MR) is 106 cm³/mol. The van der Waals surface area contributed by atoms with E-state index in [4.69, 9.17) is 34.8 Å². The van der Waals surface area contributed by atoms with Gasteiger partial charge in [0, 0.05) is 5.39 Å². The van der Waals surface area contributed by atoms with Gasteiger partial charge >= 0.3 is 0 Å². The summed E-state index contributed by atoms with van der Waals surface area (Å²) in [6, 6.07) is 16.4. The van der Waals surface area contributed by atoms with Crippen LogP contribution in [0, 0.1) is 0 Å². The molecule has 3 rings (SSSR count). The van der Waals surface area contributed by atoms with Crippen molar-refractivity contribution in [2.75, 3.05) is 10.8 Å². The summed E-state index contributed by atoms with van der Waals surface area (Å²) in [4.78, 5) is 11.5. The molecule has 0 radical (unpaired) electrons. The van der Waals surface area contributed by atoms with Crippen LogP contribution in [0.5, 0.6) is 0 Å². The van der Waals surface area contributed by atoms with E-state index < -0.39 is 21.8 Å². The van der Waals surface area contributed by atoms with Crippen LogP contribution < -0.4 is 4.31 Å². The van der Waals surface area contributed by atoms with Gasteiger partial charge in [-0.3, -0.25) is 9.10 Å². The van der Waals surface area contributed by atoms with Crippen molar-refractivity contribution in [2.24, 2.45) is 0 Å². The normalized spacial score (nSPS) is 11.5. The summed E-state index contributed by atoms with van der Waals surface area (Å²) in [6.07, 6.45) is 0. The van der Waals surface area contributed by atoms with Crippen LogP contribution in [0.4, 0.5) is 5.69 Å². The van der Waals surface area contributed by atoms with Crippen molar-refractivity contribution in [3.05, 3.63) is 70.7 Å². The van der Waals surface area contributed by atoms with Gasteiger partial charge in [0.1, 0.15) is 6.54 Å². The Morgan fingerprint density at radius 2 is 1.62 bits per heavy atom. The maximum Gasteiger partial charge on any atom is 0.264 e. The first-order chi connectivity index (χ1) is 12.3. The van der Waals surface area contributed by atoms with Crippen molar-refractivity contribution in [1.82, 2.24) is 0 Å². The van der Waals surface area contributed by atoms with E-state index in [0.717, 1.165) is 9.69 Å². The largest absolute Gasteiger partial charge is 0.279 e. The molecule has 0 saturated heterocycles. The highest BCUT2D eigenvalue weighted by Crippen LogP contribution is 2.33. The van der Waals surface area contributed by atoms with E-state index in [-0.39, 0.29) is 14.9 Å². The first kappa shape index (κ1) is 19.0. The fourth-order valence-corrected chi connectivity index (χ4v) is 4.62. The van der Waals surface area contributed by atoms with Gasteiger partial charge in [-0.15, -0.1) is 0 Å². The molecule has 0 unspecified atom stereocenters. The van der Waals surface area contributed by atoms with Crippen LogP contribution in [0.3, 0.4) is 0 Å². The first-order valence-corrected chi connectivity index (χ1v) is 10.0. The molecule has 134 valence electrons. The molecule has 0 saturated carbocycles. The Labute approximate surface area is 165 Å². The Bertz CT molecular complexity index is 1090. The van der Waals surface area contributed by atoms with E-state index in [1.54, 1.807) is 24.3 Å². The van der Waals surface area contributed by atoms with Gasteiger partial charge in [0.15, 0.2) is 0 Å². The lowest BCUT2D eigenvalue weighted by molar-refractivity contribution is -0.110. The zero-order chi connectivity index (χ0) is 18.9. The molecule has 3 aromatic rings. The highest BCUT2D eigenvalue weighted by molar-refractivity contribution is 7.93. The van der Waals surface area contributed by atoms with Crippen LogP contribution in [-0.4, -0.2) is 20.2 Å². The zero-order valence-electron chi connectivity index (χ0n) is 13.2. The second-order valence-electron chi connectivity index (χ2n) is 5.44. The Morgan fingerprint density at radius 1 is 0.923 bits per heavy atom. The lowest BCUT2D eigenvalue weighted by atomic mass is 10.1. The van der Waals surface area contributed by atoms with Crippen LogP contribution in [0.15, 0.2) is 65.6 Å². The number of halogens is 3. The van der Waals surface area contributed by atoms with Crippen molar-refractivity contribution < 1.29 is 13.2 Å². The summed E-state index contributed by atoms with van der Waals surface area (Å²) in [7, 11) is -4.09. The van der Waals surface area contributed by atoms with E-state index in [2.05, 4.69) is 0 Å². The molecule has 26 heavy (non-hydrogen) atoms. The number of rotatable bonds is 5. The molecule has 0 aromatic heterocycles. The maximum absolute atomic E-state index is 13.2. The summed E-state index contributed by atoms with van der Waals surface area (Å²) in [5.74, 6) is 0. The fourth-order valence-electron chi connectivity index (χ4n) is 2.60. The molecular weight excluding hydrogens is 417 g/mol. The molecule has 0 fully saturated rings. The number of sulfonamides is 1. The number of benzene rings is 3. The highest BCUT2D eigenvalue weighted by Gasteiger charge is 2.28. The lowest BCUT2D eigenvalue weighted by Crippen LogP contribution is -2.34. The molecule has 0 aliphatic heterocycles.